The molecule has 0 spiro atoms. The van der Waals surface area contributed by atoms with Crippen LogP contribution in [0.25, 0.3) is 0 Å². The number of hydrogen-bond acceptors (Lipinski definition) is 4. The molecule has 0 aliphatic carbocycles. The van der Waals surface area contributed by atoms with Crippen molar-refractivity contribution in [3.8, 4) is 0 Å². The summed E-state index contributed by atoms with van der Waals surface area (Å²) >= 11 is 0. The van der Waals surface area contributed by atoms with Crippen molar-refractivity contribution in [3.63, 3.8) is 0 Å². The van der Waals surface area contributed by atoms with E-state index in [0.717, 1.165) is 12.1 Å². The Morgan fingerprint density at radius 1 is 1.44 bits per heavy atom. The SMILES string of the molecule is Cc1c(F)cc(C(=O)O)cc1S(=O)(=O)NCCO. The van der Waals surface area contributed by atoms with Crippen molar-refractivity contribution in [2.24, 2.45) is 0 Å². The summed E-state index contributed by atoms with van der Waals surface area (Å²) in [6, 6.07) is 1.63. The molecular weight excluding hydrogens is 265 g/mol. The minimum atomic E-state index is -4.04. The number of halogens is 1. The Labute approximate surface area is 103 Å². The summed E-state index contributed by atoms with van der Waals surface area (Å²) in [5.74, 6) is -2.34. The minimum absolute atomic E-state index is 0.176. The molecular formula is C10H12FNO5S. The molecule has 6 nitrogen and oxygen atoms in total. The highest BCUT2D eigenvalue weighted by Gasteiger charge is 2.21. The van der Waals surface area contributed by atoms with Crippen LogP contribution in [0.2, 0.25) is 0 Å². The molecule has 0 heterocycles. The lowest BCUT2D eigenvalue weighted by atomic mass is 10.1. The van der Waals surface area contributed by atoms with E-state index in [2.05, 4.69) is 0 Å². The number of aliphatic hydroxyl groups is 1. The number of rotatable bonds is 5. The molecule has 0 amide bonds. The Kier molecular flexibility index (Phi) is 4.38. The third-order valence-corrected chi connectivity index (χ3v) is 3.82. The van der Waals surface area contributed by atoms with Crippen LogP contribution >= 0.6 is 0 Å². The molecule has 0 aromatic heterocycles. The first-order valence-electron chi connectivity index (χ1n) is 4.93. The first-order valence-corrected chi connectivity index (χ1v) is 6.42. The summed E-state index contributed by atoms with van der Waals surface area (Å²) in [6.45, 7) is 0.578. The van der Waals surface area contributed by atoms with Gasteiger partial charge < -0.3 is 10.2 Å². The average molecular weight is 277 g/mol. The maximum atomic E-state index is 13.4. The van der Waals surface area contributed by atoms with Gasteiger partial charge >= 0.3 is 5.97 Å². The van der Waals surface area contributed by atoms with Gasteiger partial charge in [0.25, 0.3) is 0 Å². The first-order chi connectivity index (χ1) is 8.29. The largest absolute Gasteiger partial charge is 0.478 e. The zero-order valence-electron chi connectivity index (χ0n) is 9.47. The smallest absolute Gasteiger partial charge is 0.335 e. The highest BCUT2D eigenvalue weighted by atomic mass is 32.2. The van der Waals surface area contributed by atoms with Crippen LogP contribution in [0, 0.1) is 12.7 Å². The van der Waals surface area contributed by atoms with Crippen molar-refractivity contribution in [2.45, 2.75) is 11.8 Å². The first kappa shape index (κ1) is 14.6. The molecule has 0 saturated heterocycles. The van der Waals surface area contributed by atoms with Crippen molar-refractivity contribution in [1.82, 2.24) is 4.72 Å². The van der Waals surface area contributed by atoms with Crippen molar-refractivity contribution < 1.29 is 27.8 Å². The number of nitrogens with one attached hydrogen (secondary N) is 1. The monoisotopic (exact) mass is 277 g/mol. The Balaban J connectivity index is 3.35. The van der Waals surface area contributed by atoms with Crippen LogP contribution in [-0.4, -0.2) is 37.8 Å². The fourth-order valence-corrected chi connectivity index (χ4v) is 2.61. The van der Waals surface area contributed by atoms with Crippen molar-refractivity contribution in [3.05, 3.63) is 29.1 Å². The highest BCUT2D eigenvalue weighted by molar-refractivity contribution is 7.89. The van der Waals surface area contributed by atoms with Crippen molar-refractivity contribution in [1.29, 1.82) is 0 Å². The standard InChI is InChI=1S/C10H12FNO5S/c1-6-8(11)4-7(10(14)15)5-9(6)18(16,17)12-2-3-13/h4-5,12-13H,2-3H2,1H3,(H,14,15). The molecule has 0 aliphatic heterocycles. The number of aliphatic hydroxyl groups excluding tert-OH is 1. The van der Waals surface area contributed by atoms with Gasteiger partial charge in [0.15, 0.2) is 0 Å². The van der Waals surface area contributed by atoms with Crippen LogP contribution in [0.4, 0.5) is 4.39 Å². The van der Waals surface area contributed by atoms with E-state index in [1.807, 2.05) is 4.72 Å². The van der Waals surface area contributed by atoms with E-state index in [1.54, 1.807) is 0 Å². The molecule has 1 aromatic carbocycles. The van der Waals surface area contributed by atoms with E-state index in [1.165, 1.54) is 6.92 Å². The zero-order valence-corrected chi connectivity index (χ0v) is 10.3. The fraction of sp³-hybridized carbons (Fsp3) is 0.300. The normalized spacial score (nSPS) is 11.5. The summed E-state index contributed by atoms with van der Waals surface area (Å²) in [5, 5.41) is 17.3. The predicted octanol–water partition coefficient (Wildman–Crippen LogP) is 0.103. The van der Waals surface area contributed by atoms with Gasteiger partial charge in [-0.3, -0.25) is 0 Å². The van der Waals surface area contributed by atoms with Gasteiger partial charge in [-0.15, -0.1) is 0 Å². The van der Waals surface area contributed by atoms with Gasteiger partial charge in [-0.25, -0.2) is 22.3 Å². The lowest BCUT2D eigenvalue weighted by molar-refractivity contribution is 0.0696. The molecule has 3 N–H and O–H groups in total. The second kappa shape index (κ2) is 5.42. The van der Waals surface area contributed by atoms with Crippen LogP contribution in [0.15, 0.2) is 17.0 Å². The van der Waals surface area contributed by atoms with Gasteiger partial charge in [0.2, 0.25) is 10.0 Å². The van der Waals surface area contributed by atoms with E-state index < -0.39 is 38.9 Å². The lowest BCUT2D eigenvalue weighted by Crippen LogP contribution is -2.27. The second-order valence-corrected chi connectivity index (χ2v) is 5.24. The number of carboxylic acids is 1. The quantitative estimate of drug-likeness (QED) is 0.708. The zero-order chi connectivity index (χ0) is 13.9. The highest BCUT2D eigenvalue weighted by Crippen LogP contribution is 2.20. The molecule has 0 atom stereocenters. The molecule has 0 radical (unpaired) electrons. The molecule has 100 valence electrons. The topological polar surface area (TPSA) is 104 Å². The minimum Gasteiger partial charge on any atom is -0.478 e. The number of sulfonamides is 1. The van der Waals surface area contributed by atoms with E-state index in [0.29, 0.717) is 0 Å². The van der Waals surface area contributed by atoms with Crippen molar-refractivity contribution in [2.75, 3.05) is 13.2 Å². The number of benzene rings is 1. The second-order valence-electron chi connectivity index (χ2n) is 3.51. The van der Waals surface area contributed by atoms with E-state index in [4.69, 9.17) is 10.2 Å². The maximum absolute atomic E-state index is 13.4. The Hall–Kier alpha value is -1.51. The van der Waals surface area contributed by atoms with Crippen molar-refractivity contribution >= 4 is 16.0 Å². The lowest BCUT2D eigenvalue weighted by Gasteiger charge is -2.10. The van der Waals surface area contributed by atoms with Crippen LogP contribution in [0.1, 0.15) is 15.9 Å². The molecule has 0 aliphatic rings. The number of aromatic carboxylic acids is 1. The number of hydrogen-bond donors (Lipinski definition) is 3. The molecule has 0 bridgehead atoms. The van der Waals surface area contributed by atoms with Crippen LogP contribution < -0.4 is 4.72 Å². The molecule has 0 fully saturated rings. The Morgan fingerprint density at radius 2 is 2.06 bits per heavy atom. The third-order valence-electron chi connectivity index (χ3n) is 2.24. The van der Waals surface area contributed by atoms with Crippen LogP contribution in [0.3, 0.4) is 0 Å². The number of carboxylic acid groups (broad SMARTS) is 1. The summed E-state index contributed by atoms with van der Waals surface area (Å²) < 4.78 is 39.0. The van der Waals surface area contributed by atoms with E-state index in [-0.39, 0.29) is 12.1 Å². The van der Waals surface area contributed by atoms with Crippen LogP contribution in [-0.2, 0) is 10.0 Å². The molecule has 18 heavy (non-hydrogen) atoms. The number of carbonyl (C=O) groups is 1. The van der Waals surface area contributed by atoms with Gasteiger partial charge in [-0.2, -0.15) is 0 Å². The van der Waals surface area contributed by atoms with Crippen LogP contribution in [0.5, 0.6) is 0 Å². The van der Waals surface area contributed by atoms with Gasteiger partial charge in [0, 0.05) is 12.1 Å². The molecule has 0 unspecified atom stereocenters. The van der Waals surface area contributed by atoms with Gasteiger partial charge in [0.05, 0.1) is 17.1 Å². The van der Waals surface area contributed by atoms with Gasteiger partial charge in [-0.05, 0) is 19.1 Å². The summed E-state index contributed by atoms with van der Waals surface area (Å²) in [6.07, 6.45) is 0. The maximum Gasteiger partial charge on any atom is 0.335 e. The van der Waals surface area contributed by atoms with Gasteiger partial charge in [0.1, 0.15) is 5.82 Å². The summed E-state index contributed by atoms with van der Waals surface area (Å²) in [4.78, 5) is 10.3. The predicted molar refractivity (Wildman–Crippen MR) is 60.4 cm³/mol. The summed E-state index contributed by atoms with van der Waals surface area (Å²) in [7, 11) is -4.04. The Bertz CT molecular complexity index is 570. The average Bonchev–Trinajstić information content (AvgIpc) is 2.29. The molecule has 1 aromatic rings. The molecule has 8 heteroatoms. The van der Waals surface area contributed by atoms with E-state index in [9.17, 15) is 17.6 Å². The summed E-state index contributed by atoms with van der Waals surface area (Å²) in [5.41, 5.74) is -0.632. The van der Waals surface area contributed by atoms with E-state index >= 15 is 0 Å². The third kappa shape index (κ3) is 3.03. The molecule has 0 saturated carbocycles. The Morgan fingerprint density at radius 3 is 2.56 bits per heavy atom. The molecule has 1 rings (SSSR count). The van der Waals surface area contributed by atoms with Gasteiger partial charge in [-0.1, -0.05) is 0 Å². The fourth-order valence-electron chi connectivity index (χ4n) is 1.31.